The molecule has 1 aromatic heterocycles. The molecule has 0 aliphatic heterocycles. The monoisotopic (exact) mass is 329 g/mol. The lowest BCUT2D eigenvalue weighted by molar-refractivity contribution is -0.384. The van der Waals surface area contributed by atoms with Gasteiger partial charge >= 0.3 is 0 Å². The largest absolute Gasteiger partial charge is 0.380 e. The Labute approximate surface area is 124 Å². The third kappa shape index (κ3) is 3.44. The molecule has 0 aliphatic carbocycles. The fraction of sp³-hybridized carbons (Fsp3) is 0.200. The Morgan fingerprint density at radius 2 is 2.19 bits per heavy atom. The second-order valence-corrected chi connectivity index (χ2v) is 6.32. The summed E-state index contributed by atoms with van der Waals surface area (Å²) < 4.78 is 30.1. The number of rotatable bonds is 6. The van der Waals surface area contributed by atoms with Gasteiger partial charge in [0, 0.05) is 24.1 Å². The molecule has 1 heterocycles. The molecule has 0 atom stereocenters. The summed E-state index contributed by atoms with van der Waals surface area (Å²) >= 11 is 0.869. The van der Waals surface area contributed by atoms with Gasteiger partial charge in [0.2, 0.25) is 0 Å². The first-order valence-electron chi connectivity index (χ1n) is 5.76. The van der Waals surface area contributed by atoms with E-state index in [0.717, 1.165) is 17.6 Å². The van der Waals surface area contributed by atoms with Crippen molar-refractivity contribution in [3.8, 4) is 0 Å². The molecule has 0 radical (unpaired) electrons. The minimum Gasteiger partial charge on any atom is -0.380 e. The Morgan fingerprint density at radius 1 is 1.43 bits per heavy atom. The maximum absolute atomic E-state index is 12.1. The lowest BCUT2D eigenvalue weighted by Gasteiger charge is -2.08. The van der Waals surface area contributed by atoms with Crippen LogP contribution in [-0.2, 0) is 10.0 Å². The molecule has 0 saturated heterocycles. The highest BCUT2D eigenvalue weighted by Crippen LogP contribution is 2.28. The number of nitrogens with one attached hydrogen (secondary N) is 2. The Morgan fingerprint density at radius 3 is 2.76 bits per heavy atom. The molecular weight excluding hydrogens is 318 g/mol. The molecule has 0 amide bonds. The van der Waals surface area contributed by atoms with Crippen LogP contribution in [0.25, 0.3) is 0 Å². The van der Waals surface area contributed by atoms with Crippen molar-refractivity contribution in [1.29, 1.82) is 0 Å². The van der Waals surface area contributed by atoms with Gasteiger partial charge < -0.3 is 5.32 Å². The number of aromatic nitrogens is 2. The molecule has 2 rings (SSSR count). The second kappa shape index (κ2) is 6.01. The summed E-state index contributed by atoms with van der Waals surface area (Å²) in [6, 6.07) is 3.66. The van der Waals surface area contributed by atoms with Gasteiger partial charge in [0.05, 0.1) is 16.0 Å². The molecule has 0 saturated carbocycles. The van der Waals surface area contributed by atoms with Crippen LogP contribution in [-0.4, -0.2) is 29.5 Å². The summed E-state index contributed by atoms with van der Waals surface area (Å²) in [5.41, 5.74) is -0.0388. The second-order valence-electron chi connectivity index (χ2n) is 3.85. The molecule has 112 valence electrons. The highest BCUT2D eigenvalue weighted by atomic mass is 32.2. The molecule has 0 spiro atoms. The number of anilines is 2. The Balaban J connectivity index is 2.39. The van der Waals surface area contributed by atoms with Gasteiger partial charge in [0.1, 0.15) is 10.7 Å². The molecule has 2 N–H and O–H groups in total. The van der Waals surface area contributed by atoms with Gasteiger partial charge in [0.15, 0.2) is 0 Å². The SMILES string of the molecule is CCNc1ccc(S(=O)(=O)Nc2cnns2)cc1[N+](=O)[O-]. The number of hydrogen-bond acceptors (Lipinski definition) is 8. The Kier molecular flexibility index (Phi) is 4.33. The maximum Gasteiger partial charge on any atom is 0.293 e. The van der Waals surface area contributed by atoms with E-state index >= 15 is 0 Å². The normalized spacial score (nSPS) is 11.1. The summed E-state index contributed by atoms with van der Waals surface area (Å²) in [5, 5.41) is 17.6. The van der Waals surface area contributed by atoms with E-state index in [-0.39, 0.29) is 21.3 Å². The van der Waals surface area contributed by atoms with E-state index in [2.05, 4.69) is 19.6 Å². The van der Waals surface area contributed by atoms with E-state index in [1.165, 1.54) is 18.3 Å². The van der Waals surface area contributed by atoms with Crippen LogP contribution in [0.3, 0.4) is 0 Å². The van der Waals surface area contributed by atoms with Gasteiger partial charge in [-0.3, -0.25) is 14.8 Å². The van der Waals surface area contributed by atoms with E-state index in [1.54, 1.807) is 6.92 Å². The summed E-state index contributed by atoms with van der Waals surface area (Å²) in [7, 11) is -3.92. The van der Waals surface area contributed by atoms with Crippen LogP contribution in [0.1, 0.15) is 6.92 Å². The molecule has 1 aromatic carbocycles. The van der Waals surface area contributed by atoms with Crippen LogP contribution in [0.4, 0.5) is 16.4 Å². The number of nitrogens with zero attached hydrogens (tertiary/aromatic N) is 3. The molecule has 21 heavy (non-hydrogen) atoms. The van der Waals surface area contributed by atoms with Crippen molar-refractivity contribution in [3.05, 3.63) is 34.5 Å². The van der Waals surface area contributed by atoms with Gasteiger partial charge in [0.25, 0.3) is 15.7 Å². The molecule has 0 bridgehead atoms. The number of benzene rings is 1. The third-order valence-corrected chi connectivity index (χ3v) is 4.51. The van der Waals surface area contributed by atoms with Crippen LogP contribution in [0.2, 0.25) is 0 Å². The summed E-state index contributed by atoms with van der Waals surface area (Å²) in [6.07, 6.45) is 1.25. The number of nitro benzene ring substituents is 1. The van der Waals surface area contributed by atoms with Crippen LogP contribution < -0.4 is 10.0 Å². The van der Waals surface area contributed by atoms with Crippen LogP contribution in [0.5, 0.6) is 0 Å². The predicted octanol–water partition coefficient (Wildman–Crippen LogP) is 1.68. The highest BCUT2D eigenvalue weighted by molar-refractivity contribution is 7.93. The topological polar surface area (TPSA) is 127 Å². The minimum atomic E-state index is -3.92. The van der Waals surface area contributed by atoms with Crippen LogP contribution in [0.15, 0.2) is 29.3 Å². The average molecular weight is 329 g/mol. The average Bonchev–Trinajstić information content (AvgIpc) is 2.91. The fourth-order valence-corrected chi connectivity index (χ4v) is 3.28. The number of hydrogen-bond donors (Lipinski definition) is 2. The molecule has 11 heteroatoms. The first-order chi connectivity index (χ1) is 9.94. The zero-order valence-corrected chi connectivity index (χ0v) is 12.4. The van der Waals surface area contributed by atoms with E-state index in [4.69, 9.17) is 0 Å². The number of nitro groups is 1. The van der Waals surface area contributed by atoms with Gasteiger partial charge in [-0.1, -0.05) is 4.49 Å². The standard InChI is InChI=1S/C10H11N5O4S2/c1-2-11-8-4-3-7(5-9(8)15(16)17)21(18,19)13-10-6-12-14-20-10/h3-6,11,13H,2H2,1H3. The van der Waals surface area contributed by atoms with E-state index in [9.17, 15) is 18.5 Å². The highest BCUT2D eigenvalue weighted by Gasteiger charge is 2.21. The smallest absolute Gasteiger partial charge is 0.293 e. The van der Waals surface area contributed by atoms with Crippen molar-refractivity contribution in [2.45, 2.75) is 11.8 Å². The van der Waals surface area contributed by atoms with Gasteiger partial charge in [-0.2, -0.15) is 0 Å². The maximum atomic E-state index is 12.1. The first-order valence-corrected chi connectivity index (χ1v) is 8.02. The zero-order valence-electron chi connectivity index (χ0n) is 10.8. The van der Waals surface area contributed by atoms with Gasteiger partial charge in [-0.25, -0.2) is 8.42 Å². The Hall–Kier alpha value is -2.27. The minimum absolute atomic E-state index is 0.204. The molecular formula is C10H11N5O4S2. The molecule has 0 unspecified atom stereocenters. The quantitative estimate of drug-likeness (QED) is 0.609. The molecule has 2 aromatic rings. The zero-order chi connectivity index (χ0) is 15.5. The van der Waals surface area contributed by atoms with Crippen molar-refractivity contribution < 1.29 is 13.3 Å². The van der Waals surface area contributed by atoms with Crippen molar-refractivity contribution in [3.63, 3.8) is 0 Å². The lowest BCUT2D eigenvalue weighted by Crippen LogP contribution is -2.13. The van der Waals surface area contributed by atoms with Crippen LogP contribution >= 0.6 is 11.5 Å². The fourth-order valence-electron chi connectivity index (χ4n) is 1.57. The Bertz CT molecular complexity index is 745. The van der Waals surface area contributed by atoms with E-state index in [1.807, 2.05) is 0 Å². The third-order valence-electron chi connectivity index (χ3n) is 2.44. The van der Waals surface area contributed by atoms with E-state index < -0.39 is 14.9 Å². The van der Waals surface area contributed by atoms with Crippen molar-refractivity contribution >= 4 is 37.9 Å². The molecule has 0 fully saturated rings. The predicted molar refractivity (Wildman–Crippen MR) is 78.0 cm³/mol. The molecule has 9 nitrogen and oxygen atoms in total. The van der Waals surface area contributed by atoms with Crippen LogP contribution in [0, 0.1) is 10.1 Å². The first kappa shape index (κ1) is 15.1. The van der Waals surface area contributed by atoms with Gasteiger partial charge in [-0.15, -0.1) is 5.10 Å². The summed E-state index contributed by atoms with van der Waals surface area (Å²) in [4.78, 5) is 10.2. The number of sulfonamides is 1. The summed E-state index contributed by atoms with van der Waals surface area (Å²) in [6.45, 7) is 2.27. The van der Waals surface area contributed by atoms with Gasteiger partial charge in [-0.05, 0) is 19.1 Å². The van der Waals surface area contributed by atoms with Crippen molar-refractivity contribution in [2.24, 2.45) is 0 Å². The van der Waals surface area contributed by atoms with Crippen molar-refractivity contribution in [1.82, 2.24) is 9.59 Å². The van der Waals surface area contributed by atoms with Crippen molar-refractivity contribution in [2.75, 3.05) is 16.6 Å². The van der Waals surface area contributed by atoms with E-state index in [0.29, 0.717) is 6.54 Å². The lowest BCUT2D eigenvalue weighted by atomic mass is 10.2. The molecule has 0 aliphatic rings. The summed E-state index contributed by atoms with van der Waals surface area (Å²) in [5.74, 6) is 0.